The number of rotatable bonds is 4. The first-order valence-electron chi connectivity index (χ1n) is 3.77. The summed E-state index contributed by atoms with van der Waals surface area (Å²) in [6.45, 7) is 4.84. The van der Waals surface area contributed by atoms with E-state index in [1.54, 1.807) is 6.08 Å². The van der Waals surface area contributed by atoms with E-state index in [1.807, 2.05) is 13.0 Å². The number of Topliss-reactive ketones (excluding diaryl/α,β-unsaturated/α-hetero) is 2. The van der Waals surface area contributed by atoms with Gasteiger partial charge in [0, 0.05) is 0 Å². The monoisotopic (exact) mass is 154 g/mol. The molecule has 2 nitrogen and oxygen atoms in total. The Morgan fingerprint density at radius 3 is 2.00 bits per heavy atom. The van der Waals surface area contributed by atoms with E-state index >= 15 is 0 Å². The van der Waals surface area contributed by atoms with E-state index in [2.05, 4.69) is 0 Å². The zero-order valence-electron chi connectivity index (χ0n) is 7.26. The molecule has 0 aromatic carbocycles. The van der Waals surface area contributed by atoms with Crippen molar-refractivity contribution in [1.82, 2.24) is 0 Å². The topological polar surface area (TPSA) is 34.1 Å². The molecule has 62 valence electrons. The lowest BCUT2D eigenvalue weighted by Crippen LogP contribution is -2.16. The van der Waals surface area contributed by atoms with Gasteiger partial charge in [-0.15, -0.1) is 0 Å². The Labute approximate surface area is 67.3 Å². The molecule has 0 atom stereocenters. The molecule has 11 heavy (non-hydrogen) atoms. The average molecular weight is 154 g/mol. The lowest BCUT2D eigenvalue weighted by atomic mass is 10.0. The summed E-state index contributed by atoms with van der Waals surface area (Å²) in [6.07, 6.45) is 4.37. The number of ketones is 2. The molecule has 0 saturated heterocycles. The van der Waals surface area contributed by atoms with Crippen LogP contribution >= 0.6 is 0 Å². The van der Waals surface area contributed by atoms with Gasteiger partial charge in [0.1, 0.15) is 11.6 Å². The third kappa shape index (κ3) is 3.71. The second kappa shape index (κ2) is 4.83. The van der Waals surface area contributed by atoms with Gasteiger partial charge < -0.3 is 0 Å². The molecule has 0 aromatic rings. The van der Waals surface area contributed by atoms with Gasteiger partial charge in [-0.1, -0.05) is 19.1 Å². The predicted octanol–water partition coefficient (Wildman–Crippen LogP) is 1.75. The van der Waals surface area contributed by atoms with Gasteiger partial charge in [-0.2, -0.15) is 0 Å². The molecule has 0 amide bonds. The summed E-state index contributed by atoms with van der Waals surface area (Å²) in [5.41, 5.74) is 0. The molecule has 0 heterocycles. The first-order valence-corrected chi connectivity index (χ1v) is 3.77. The molecule has 0 bridgehead atoms. The van der Waals surface area contributed by atoms with Crippen molar-refractivity contribution in [1.29, 1.82) is 0 Å². The van der Waals surface area contributed by atoms with E-state index in [4.69, 9.17) is 0 Å². The minimum atomic E-state index is -0.519. The minimum Gasteiger partial charge on any atom is -0.299 e. The number of carbonyl (C=O) groups is 2. The number of carbonyl (C=O) groups excluding carboxylic acids is 2. The third-order valence-corrected chi connectivity index (χ3v) is 1.44. The van der Waals surface area contributed by atoms with Gasteiger partial charge >= 0.3 is 0 Å². The highest BCUT2D eigenvalue weighted by Gasteiger charge is 2.14. The lowest BCUT2D eigenvalue weighted by molar-refractivity contribution is -0.128. The molecule has 0 unspecified atom stereocenters. The summed E-state index contributed by atoms with van der Waals surface area (Å²) in [5, 5.41) is 0. The van der Waals surface area contributed by atoms with E-state index in [-0.39, 0.29) is 11.6 Å². The van der Waals surface area contributed by atoms with Crippen LogP contribution < -0.4 is 0 Å². The zero-order valence-corrected chi connectivity index (χ0v) is 7.26. The van der Waals surface area contributed by atoms with Crippen LogP contribution in [0.1, 0.15) is 27.2 Å². The Hall–Kier alpha value is -0.920. The summed E-state index contributed by atoms with van der Waals surface area (Å²) >= 11 is 0. The van der Waals surface area contributed by atoms with Gasteiger partial charge in [0.25, 0.3) is 0 Å². The average Bonchev–Trinajstić information content (AvgIpc) is 1.87. The third-order valence-electron chi connectivity index (χ3n) is 1.44. The van der Waals surface area contributed by atoms with Crippen molar-refractivity contribution >= 4 is 11.6 Å². The molecule has 0 aliphatic rings. The highest BCUT2D eigenvalue weighted by atomic mass is 16.1. The summed E-state index contributed by atoms with van der Waals surface area (Å²) < 4.78 is 0. The lowest BCUT2D eigenvalue weighted by Gasteiger charge is -2.01. The van der Waals surface area contributed by atoms with Gasteiger partial charge in [-0.3, -0.25) is 9.59 Å². The SMILES string of the molecule is CC/C=C/C(C(C)=O)C(C)=O. The fourth-order valence-electron chi connectivity index (χ4n) is 0.829. The summed E-state index contributed by atoms with van der Waals surface area (Å²) in [7, 11) is 0. The minimum absolute atomic E-state index is 0.0813. The Morgan fingerprint density at radius 2 is 1.73 bits per heavy atom. The van der Waals surface area contributed by atoms with Crippen LogP contribution in [0.3, 0.4) is 0 Å². The van der Waals surface area contributed by atoms with Crippen LogP contribution in [-0.4, -0.2) is 11.6 Å². The molecule has 2 heteroatoms. The first-order chi connectivity index (χ1) is 5.09. The van der Waals surface area contributed by atoms with E-state index in [0.29, 0.717) is 0 Å². The Kier molecular flexibility index (Phi) is 4.42. The van der Waals surface area contributed by atoms with Crippen molar-refractivity contribution < 1.29 is 9.59 Å². The molecule has 0 aromatic heterocycles. The maximum Gasteiger partial charge on any atom is 0.144 e. The van der Waals surface area contributed by atoms with Crippen molar-refractivity contribution in [3.05, 3.63) is 12.2 Å². The highest BCUT2D eigenvalue weighted by Crippen LogP contribution is 2.02. The highest BCUT2D eigenvalue weighted by molar-refractivity contribution is 6.02. The maximum absolute atomic E-state index is 10.8. The zero-order chi connectivity index (χ0) is 8.85. The second-order valence-corrected chi connectivity index (χ2v) is 2.54. The maximum atomic E-state index is 10.8. The molecule has 0 aliphatic carbocycles. The molecule has 0 aliphatic heterocycles. The van der Waals surface area contributed by atoms with E-state index in [0.717, 1.165) is 6.42 Å². The van der Waals surface area contributed by atoms with Crippen LogP contribution in [0.15, 0.2) is 12.2 Å². The molecular weight excluding hydrogens is 140 g/mol. The molecule has 0 saturated carbocycles. The van der Waals surface area contributed by atoms with Crippen molar-refractivity contribution in [2.75, 3.05) is 0 Å². The number of hydrogen-bond donors (Lipinski definition) is 0. The van der Waals surface area contributed by atoms with E-state index < -0.39 is 5.92 Å². The van der Waals surface area contributed by atoms with Crippen LogP contribution in [0.25, 0.3) is 0 Å². The van der Waals surface area contributed by atoms with Crippen LogP contribution in [0.5, 0.6) is 0 Å². The van der Waals surface area contributed by atoms with E-state index in [9.17, 15) is 9.59 Å². The Balaban J connectivity index is 4.23. The summed E-state index contributed by atoms with van der Waals surface area (Å²) in [5.74, 6) is -0.681. The van der Waals surface area contributed by atoms with Crippen LogP contribution in [-0.2, 0) is 9.59 Å². The smallest absolute Gasteiger partial charge is 0.144 e. The van der Waals surface area contributed by atoms with E-state index in [1.165, 1.54) is 13.8 Å². The molecule has 0 spiro atoms. The summed E-state index contributed by atoms with van der Waals surface area (Å²) in [4.78, 5) is 21.6. The van der Waals surface area contributed by atoms with Gasteiger partial charge in [0.05, 0.1) is 5.92 Å². The Bertz CT molecular complexity index is 166. The number of hydrogen-bond acceptors (Lipinski definition) is 2. The van der Waals surface area contributed by atoms with Crippen molar-refractivity contribution in [2.45, 2.75) is 27.2 Å². The largest absolute Gasteiger partial charge is 0.299 e. The van der Waals surface area contributed by atoms with Gasteiger partial charge in [-0.05, 0) is 20.3 Å². The fourth-order valence-corrected chi connectivity index (χ4v) is 0.829. The van der Waals surface area contributed by atoms with Crippen molar-refractivity contribution in [2.24, 2.45) is 5.92 Å². The quantitative estimate of drug-likeness (QED) is 0.456. The second-order valence-electron chi connectivity index (χ2n) is 2.54. The molecule has 0 N–H and O–H groups in total. The molecule has 0 rings (SSSR count). The predicted molar refractivity (Wildman–Crippen MR) is 44.3 cm³/mol. The van der Waals surface area contributed by atoms with Crippen LogP contribution in [0, 0.1) is 5.92 Å². The van der Waals surface area contributed by atoms with Crippen molar-refractivity contribution in [3.63, 3.8) is 0 Å². The van der Waals surface area contributed by atoms with Gasteiger partial charge in [-0.25, -0.2) is 0 Å². The fraction of sp³-hybridized carbons (Fsp3) is 0.556. The van der Waals surface area contributed by atoms with Crippen LogP contribution in [0.4, 0.5) is 0 Å². The first kappa shape index (κ1) is 10.1. The standard InChI is InChI=1S/C9H14O2/c1-4-5-6-9(7(2)10)8(3)11/h5-6,9H,4H2,1-3H3/b6-5+. The number of allylic oxidation sites excluding steroid dienone is 2. The van der Waals surface area contributed by atoms with Gasteiger partial charge in [0.15, 0.2) is 0 Å². The van der Waals surface area contributed by atoms with Gasteiger partial charge in [0.2, 0.25) is 0 Å². The molecular formula is C9H14O2. The van der Waals surface area contributed by atoms with Crippen LogP contribution in [0.2, 0.25) is 0 Å². The Morgan fingerprint density at radius 1 is 1.27 bits per heavy atom. The van der Waals surface area contributed by atoms with Crippen molar-refractivity contribution in [3.8, 4) is 0 Å². The normalized spacial score (nSPS) is 10.9. The summed E-state index contributed by atoms with van der Waals surface area (Å²) in [6, 6.07) is 0. The molecule has 0 fully saturated rings. The molecule has 0 radical (unpaired) electrons.